The van der Waals surface area contributed by atoms with Gasteiger partial charge in [0.15, 0.2) is 5.78 Å². The molecule has 0 spiro atoms. The van der Waals surface area contributed by atoms with Crippen LogP contribution in [-0.2, 0) is 38.7 Å². The van der Waals surface area contributed by atoms with Gasteiger partial charge < -0.3 is 36.0 Å². The fourth-order valence-electron chi connectivity index (χ4n) is 11.6. The first-order chi connectivity index (χ1) is 41.2. The van der Waals surface area contributed by atoms with Crippen LogP contribution in [0.5, 0.6) is 0 Å². The molecule has 0 bridgehead atoms. The molecule has 6 N–H and O–H groups in total. The van der Waals surface area contributed by atoms with Crippen LogP contribution in [0.4, 0.5) is 4.79 Å². The number of nitrogens with one attached hydrogen (secondary N) is 6. The first-order valence-corrected chi connectivity index (χ1v) is 30.3. The molecular formula is C65H70N9O10S-. The van der Waals surface area contributed by atoms with Crippen molar-refractivity contribution >= 4 is 57.3 Å². The predicted octanol–water partition coefficient (Wildman–Crippen LogP) is 6.72. The Hall–Kier alpha value is -9.01. The van der Waals surface area contributed by atoms with Crippen LogP contribution < -0.4 is 36.5 Å². The average Bonchev–Trinajstić information content (AvgIpc) is 3.41. The molecule has 85 heavy (non-hydrogen) atoms. The summed E-state index contributed by atoms with van der Waals surface area (Å²) in [6.45, 7) is 2.12. The summed E-state index contributed by atoms with van der Waals surface area (Å²) in [5.41, 5.74) is 8.06. The zero-order chi connectivity index (χ0) is 59.9. The van der Waals surface area contributed by atoms with Gasteiger partial charge in [-0.1, -0.05) is 190 Å². The molecule has 19 nitrogen and oxygen atoms in total. The predicted molar refractivity (Wildman–Crippen MR) is 320 cm³/mol. The number of likely N-dealkylation sites (tertiary alicyclic amines) is 1. The van der Waals surface area contributed by atoms with E-state index in [4.69, 9.17) is 4.74 Å². The number of fused-ring (bicyclic) bond motifs is 3. The Labute approximate surface area is 495 Å². The molecule has 9 rings (SSSR count). The summed E-state index contributed by atoms with van der Waals surface area (Å²) in [5.74, 6) is -4.25. The van der Waals surface area contributed by atoms with Gasteiger partial charge in [-0.15, -0.1) is 0 Å². The van der Waals surface area contributed by atoms with E-state index in [-0.39, 0.29) is 42.6 Å². The normalized spacial score (nSPS) is 17.4. The molecule has 20 heteroatoms. The second kappa shape index (κ2) is 28.5. The number of aliphatic imine (C=N–C) groups is 1. The Morgan fingerprint density at radius 1 is 0.694 bits per heavy atom. The fourth-order valence-corrected chi connectivity index (χ4v) is 12.9. The Bertz CT molecular complexity index is 3410. The molecule has 6 amide bonds. The highest BCUT2D eigenvalue weighted by Gasteiger charge is 2.46. The van der Waals surface area contributed by atoms with Crippen molar-refractivity contribution < 1.29 is 47.0 Å². The Morgan fingerprint density at radius 2 is 1.25 bits per heavy atom. The number of carbonyl (C=O) groups excluding carboxylic acids is 6. The number of urea groups is 1. The van der Waals surface area contributed by atoms with Gasteiger partial charge in [-0.2, -0.15) is 5.10 Å². The molecule has 0 aromatic heterocycles. The molecular weight excluding hydrogens is 1100 g/mol. The number of Topliss-reactive ketones (excluding diaryl/α,β-unsaturated/α-hetero) is 1. The Kier molecular flexibility index (Phi) is 20.3. The third kappa shape index (κ3) is 15.2. The number of benzene rings is 6. The van der Waals surface area contributed by atoms with Gasteiger partial charge in [0.2, 0.25) is 27.7 Å². The van der Waals surface area contributed by atoms with Crippen LogP contribution in [0.2, 0.25) is 0 Å². The maximum atomic E-state index is 15.4. The van der Waals surface area contributed by atoms with Crippen LogP contribution in [0, 0.1) is 5.92 Å². The van der Waals surface area contributed by atoms with E-state index in [9.17, 15) is 32.7 Å². The number of sulfonamides is 1. The average molecular weight is 1170 g/mol. The van der Waals surface area contributed by atoms with Crippen molar-refractivity contribution in [1.29, 1.82) is 0 Å². The summed E-state index contributed by atoms with van der Waals surface area (Å²) in [5, 5.41) is 29.4. The summed E-state index contributed by atoms with van der Waals surface area (Å²) in [6.07, 6.45) is 2.72. The summed E-state index contributed by atoms with van der Waals surface area (Å²) in [4.78, 5) is 91.1. The lowest BCUT2D eigenvalue weighted by Crippen LogP contribution is -2.56. The maximum absolute atomic E-state index is 15.4. The molecule has 3 aliphatic rings. The van der Waals surface area contributed by atoms with E-state index >= 15 is 9.59 Å². The topological polar surface area (TPSA) is 269 Å². The van der Waals surface area contributed by atoms with E-state index in [0.717, 1.165) is 52.6 Å². The lowest BCUT2D eigenvalue weighted by Gasteiger charge is -2.33. The molecule has 1 heterocycles. The molecule has 1 aliphatic heterocycles. The quantitative estimate of drug-likeness (QED) is 0.0224. The highest BCUT2D eigenvalue weighted by Crippen LogP contribution is 2.44. The van der Waals surface area contributed by atoms with Gasteiger partial charge in [-0.05, 0) is 89.6 Å². The third-order valence-corrected chi connectivity index (χ3v) is 17.3. The highest BCUT2D eigenvalue weighted by molar-refractivity contribution is 7.89. The van der Waals surface area contributed by atoms with Crippen molar-refractivity contribution in [2.75, 3.05) is 19.7 Å². The summed E-state index contributed by atoms with van der Waals surface area (Å²) < 4.78 is 36.5. The molecule has 2 fully saturated rings. The van der Waals surface area contributed by atoms with Gasteiger partial charge >= 0.3 is 6.03 Å². The number of hydrogen-bond acceptors (Lipinski definition) is 12. The first kappa shape index (κ1) is 60.6. The number of carbonyl (C=O) groups is 6. The second-order valence-electron chi connectivity index (χ2n) is 21.5. The van der Waals surface area contributed by atoms with E-state index in [2.05, 4.69) is 41.5 Å². The molecule has 1 saturated heterocycles. The van der Waals surface area contributed by atoms with Crippen molar-refractivity contribution in [2.45, 2.75) is 112 Å². The third-order valence-electron chi connectivity index (χ3n) is 15.7. The van der Waals surface area contributed by atoms with E-state index in [0.29, 0.717) is 24.8 Å². The lowest BCUT2D eigenvalue weighted by molar-refractivity contribution is -0.251. The molecule has 6 aromatic rings. The SMILES string of the molecule is CCC[C@H](NC(=O)C1C[C@@H](NS(=O)(=O)c2ccccc2)CN1C(=O)[C@@H](N=C([O-])OCC1c2ccccc2-c2ccccc21)C1CCCCC1)C(=NNC(=O)NC(c1ccccc1)c1ccccc1)C(=O)NCC(=O)N[C@H](C(C)=O)c1ccccc1. The van der Waals surface area contributed by atoms with Crippen LogP contribution in [0.15, 0.2) is 185 Å². The van der Waals surface area contributed by atoms with Crippen molar-refractivity contribution in [3.8, 4) is 11.1 Å². The monoisotopic (exact) mass is 1170 g/mol. The number of ketones is 1. The van der Waals surface area contributed by atoms with E-state index < -0.39 is 100 Å². The zero-order valence-electron chi connectivity index (χ0n) is 47.4. The molecule has 2 aliphatic carbocycles. The van der Waals surface area contributed by atoms with Gasteiger partial charge in [-0.25, -0.2) is 23.4 Å². The summed E-state index contributed by atoms with van der Waals surface area (Å²) in [6, 6.07) is 42.8. The molecule has 1 saturated carbocycles. The zero-order valence-corrected chi connectivity index (χ0v) is 48.2. The smallest absolute Gasteiger partial charge is 0.335 e. The van der Waals surface area contributed by atoms with Crippen molar-refractivity contribution in [3.63, 3.8) is 0 Å². The molecule has 442 valence electrons. The minimum atomic E-state index is -4.20. The van der Waals surface area contributed by atoms with Crippen molar-refractivity contribution in [2.24, 2.45) is 16.0 Å². The van der Waals surface area contributed by atoms with E-state index in [1.165, 1.54) is 24.0 Å². The largest absolute Gasteiger partial charge is 0.599 e. The van der Waals surface area contributed by atoms with Gasteiger partial charge in [0.05, 0.1) is 23.5 Å². The molecule has 0 radical (unpaired) electrons. The van der Waals surface area contributed by atoms with Crippen LogP contribution in [-0.4, -0.2) is 104 Å². The molecule has 5 atom stereocenters. The van der Waals surface area contributed by atoms with Crippen LogP contribution in [0.1, 0.15) is 111 Å². The summed E-state index contributed by atoms with van der Waals surface area (Å²) in [7, 11) is -4.20. The standard InChI is InChI=1S/C65H71N9O10S/c1-3-23-54(60(62(78)66-39-56(76)68-57(42(2)75)43-24-9-4-10-25-43)71-72-64(80)69-58(44-26-11-5-12-27-44)45-28-13-6-14-29-45)67-61(77)55-38-47(73-85(82,83)48-32-17-8-18-33-48)40-74(55)63(79)59(46-30-15-7-16-31-46)70-65(81)84-41-53-51-36-21-19-34-49(51)50-35-20-22-37-52(50)53/h4-6,8-14,17-22,24-29,32-37,46-47,53-55,57-59,73H,3,7,15-16,23,30-31,38-41H2,1-2H3,(H,66,78)(H,67,77)(H,68,76)(H,70,81)(H2,69,72,80)/p-1/t47-,54+,55?,57-,59+/m1/s1. The second-order valence-corrected chi connectivity index (χ2v) is 23.3. The number of ether oxygens (including phenoxy) is 1. The van der Waals surface area contributed by atoms with Crippen LogP contribution in [0.3, 0.4) is 0 Å². The van der Waals surface area contributed by atoms with E-state index in [1.807, 2.05) is 109 Å². The Morgan fingerprint density at radius 3 is 1.82 bits per heavy atom. The number of amides is 6. The first-order valence-electron chi connectivity index (χ1n) is 28.8. The van der Waals surface area contributed by atoms with Crippen LogP contribution in [0.25, 0.3) is 11.1 Å². The maximum Gasteiger partial charge on any atom is 0.335 e. The molecule has 1 unspecified atom stereocenters. The van der Waals surface area contributed by atoms with E-state index in [1.54, 1.807) is 55.5 Å². The van der Waals surface area contributed by atoms with Gasteiger partial charge in [0.25, 0.3) is 5.91 Å². The number of hydrogen-bond donors (Lipinski definition) is 6. The molecule has 6 aromatic carbocycles. The van der Waals surface area contributed by atoms with Crippen molar-refractivity contribution in [1.82, 2.24) is 36.3 Å². The minimum Gasteiger partial charge on any atom is -0.599 e. The van der Waals surface area contributed by atoms with Crippen molar-refractivity contribution in [3.05, 3.63) is 198 Å². The number of nitrogens with zero attached hydrogens (tertiary/aromatic N) is 3. The van der Waals surface area contributed by atoms with Gasteiger partial charge in [0.1, 0.15) is 29.9 Å². The summed E-state index contributed by atoms with van der Waals surface area (Å²) >= 11 is 0. The number of hydrazone groups is 1. The Balaban J connectivity index is 1.01. The fraction of sp³-hybridized carbons (Fsp3) is 0.323. The van der Waals surface area contributed by atoms with Gasteiger partial charge in [0, 0.05) is 25.1 Å². The highest BCUT2D eigenvalue weighted by atomic mass is 32.2. The van der Waals surface area contributed by atoms with Gasteiger partial charge in [-0.3, -0.25) is 29.0 Å². The minimum absolute atomic E-state index is 0.0388. The number of rotatable bonds is 23. The van der Waals surface area contributed by atoms with Crippen LogP contribution >= 0.6 is 0 Å². The lowest BCUT2D eigenvalue weighted by atomic mass is 9.83.